The number of hydrogen-bond acceptors (Lipinski definition) is 2. The van der Waals surface area contributed by atoms with Gasteiger partial charge in [0.1, 0.15) is 11.2 Å². The van der Waals surface area contributed by atoms with Gasteiger partial charge >= 0.3 is 0 Å². The van der Waals surface area contributed by atoms with E-state index in [1.807, 2.05) is 12.1 Å². The molecular weight excluding hydrogens is 607 g/mol. The average molecular weight is 638 g/mol. The van der Waals surface area contributed by atoms with Crippen LogP contribution in [0.15, 0.2) is 192 Å². The van der Waals surface area contributed by atoms with Gasteiger partial charge in [-0.15, -0.1) is 0 Å². The van der Waals surface area contributed by atoms with Gasteiger partial charge < -0.3 is 9.32 Å². The van der Waals surface area contributed by atoms with Crippen LogP contribution in [0.2, 0.25) is 0 Å². The summed E-state index contributed by atoms with van der Waals surface area (Å²) in [5.41, 5.74) is 9.66. The first-order valence-electron chi connectivity index (χ1n) is 17.1. The molecule has 234 valence electrons. The van der Waals surface area contributed by atoms with E-state index in [1.165, 1.54) is 43.4 Å². The standard InChI is InChI=1S/C48H31NO/c1-2-14-33-29-35(26-25-32(33)13-1)38-17-7-10-22-45(38)49(36-27-28-43-42-21-9-12-24-47(42)50-48(43)31-36)46-23-11-8-20-41(46)44-30-34-15-3-4-16-37(34)39-18-5-6-19-40(39)44/h1-31H. The SMILES string of the molecule is c1ccc(N(c2ccc3c(c2)oc2ccccc23)c2ccccc2-c2cc3ccccc3c3ccccc23)c(-c2ccc3ccccc3c2)c1. The first-order chi connectivity index (χ1) is 24.8. The highest BCUT2D eigenvalue weighted by Gasteiger charge is 2.22. The van der Waals surface area contributed by atoms with Gasteiger partial charge in [-0.1, -0.05) is 140 Å². The first-order valence-corrected chi connectivity index (χ1v) is 17.1. The summed E-state index contributed by atoms with van der Waals surface area (Å²) in [6.07, 6.45) is 0. The number of para-hydroxylation sites is 3. The number of furan rings is 1. The van der Waals surface area contributed by atoms with E-state index >= 15 is 0 Å². The summed E-state index contributed by atoms with van der Waals surface area (Å²) in [6, 6.07) is 67.6. The summed E-state index contributed by atoms with van der Waals surface area (Å²) in [6.45, 7) is 0. The lowest BCUT2D eigenvalue weighted by atomic mass is 9.91. The lowest BCUT2D eigenvalue weighted by Crippen LogP contribution is -2.12. The maximum atomic E-state index is 6.47. The molecule has 0 N–H and O–H groups in total. The first kappa shape index (κ1) is 28.4. The highest BCUT2D eigenvalue weighted by atomic mass is 16.3. The van der Waals surface area contributed by atoms with Crippen LogP contribution in [0.4, 0.5) is 17.1 Å². The second-order valence-electron chi connectivity index (χ2n) is 12.9. The van der Waals surface area contributed by atoms with E-state index in [-0.39, 0.29) is 0 Å². The summed E-state index contributed by atoms with van der Waals surface area (Å²) >= 11 is 0. The zero-order chi connectivity index (χ0) is 33.0. The maximum absolute atomic E-state index is 6.47. The molecule has 0 amide bonds. The van der Waals surface area contributed by atoms with Crippen molar-refractivity contribution in [2.75, 3.05) is 4.90 Å². The molecule has 0 saturated carbocycles. The molecule has 0 aliphatic rings. The van der Waals surface area contributed by atoms with Crippen molar-refractivity contribution in [3.8, 4) is 22.3 Å². The fraction of sp³-hybridized carbons (Fsp3) is 0. The third-order valence-corrected chi connectivity index (χ3v) is 10.0. The Hall–Kier alpha value is -6.64. The van der Waals surface area contributed by atoms with Crippen molar-refractivity contribution in [2.45, 2.75) is 0 Å². The molecule has 2 heteroatoms. The van der Waals surface area contributed by atoms with Crippen molar-refractivity contribution in [1.29, 1.82) is 0 Å². The van der Waals surface area contributed by atoms with E-state index < -0.39 is 0 Å². The molecule has 50 heavy (non-hydrogen) atoms. The van der Waals surface area contributed by atoms with Crippen LogP contribution in [0.3, 0.4) is 0 Å². The zero-order valence-electron chi connectivity index (χ0n) is 27.3. The van der Waals surface area contributed by atoms with Gasteiger partial charge in [0.15, 0.2) is 0 Å². The van der Waals surface area contributed by atoms with Crippen LogP contribution in [0, 0.1) is 0 Å². The second-order valence-corrected chi connectivity index (χ2v) is 12.9. The van der Waals surface area contributed by atoms with E-state index in [0.29, 0.717) is 0 Å². The molecule has 0 fully saturated rings. The third-order valence-electron chi connectivity index (χ3n) is 10.0. The maximum Gasteiger partial charge on any atom is 0.137 e. The highest BCUT2D eigenvalue weighted by Crippen LogP contribution is 2.47. The third kappa shape index (κ3) is 4.57. The largest absolute Gasteiger partial charge is 0.456 e. The van der Waals surface area contributed by atoms with Crippen LogP contribution in [0.25, 0.3) is 76.5 Å². The predicted molar refractivity (Wildman–Crippen MR) is 212 cm³/mol. The van der Waals surface area contributed by atoms with Crippen LogP contribution >= 0.6 is 0 Å². The molecule has 0 atom stereocenters. The highest BCUT2D eigenvalue weighted by molar-refractivity contribution is 6.15. The molecule has 9 aromatic carbocycles. The van der Waals surface area contributed by atoms with Crippen LogP contribution in [0.1, 0.15) is 0 Å². The summed E-state index contributed by atoms with van der Waals surface area (Å²) in [5, 5.41) is 9.66. The van der Waals surface area contributed by atoms with Crippen molar-refractivity contribution >= 4 is 71.3 Å². The fourth-order valence-electron chi connectivity index (χ4n) is 7.70. The van der Waals surface area contributed by atoms with Gasteiger partial charge in [-0.2, -0.15) is 0 Å². The lowest BCUT2D eigenvalue weighted by Gasteiger charge is -2.30. The van der Waals surface area contributed by atoms with Gasteiger partial charge in [0.05, 0.1) is 11.4 Å². The number of anilines is 3. The van der Waals surface area contributed by atoms with E-state index in [1.54, 1.807) is 0 Å². The van der Waals surface area contributed by atoms with E-state index in [2.05, 4.69) is 181 Å². The van der Waals surface area contributed by atoms with Crippen molar-refractivity contribution in [3.63, 3.8) is 0 Å². The van der Waals surface area contributed by atoms with Crippen molar-refractivity contribution in [3.05, 3.63) is 188 Å². The second kappa shape index (κ2) is 11.5. The Morgan fingerprint density at radius 1 is 0.320 bits per heavy atom. The number of rotatable bonds is 5. The number of benzene rings is 9. The molecule has 0 bridgehead atoms. The number of hydrogen-bond donors (Lipinski definition) is 0. The van der Waals surface area contributed by atoms with Gasteiger partial charge in [-0.25, -0.2) is 0 Å². The summed E-state index contributed by atoms with van der Waals surface area (Å²) in [7, 11) is 0. The van der Waals surface area contributed by atoms with E-state index in [0.717, 1.165) is 50.1 Å². The smallest absolute Gasteiger partial charge is 0.137 e. The number of fused-ring (bicyclic) bond motifs is 7. The Bertz CT molecular complexity index is 2900. The molecule has 2 nitrogen and oxygen atoms in total. The van der Waals surface area contributed by atoms with Crippen LogP contribution < -0.4 is 4.90 Å². The lowest BCUT2D eigenvalue weighted by molar-refractivity contribution is 0.669. The van der Waals surface area contributed by atoms with Crippen LogP contribution in [-0.2, 0) is 0 Å². The minimum atomic E-state index is 0.866. The minimum Gasteiger partial charge on any atom is -0.456 e. The molecule has 0 saturated heterocycles. The molecule has 1 heterocycles. The number of nitrogens with zero attached hydrogens (tertiary/aromatic N) is 1. The molecule has 0 aliphatic heterocycles. The topological polar surface area (TPSA) is 16.4 Å². The molecular formula is C48H31NO. The van der Waals surface area contributed by atoms with E-state index in [4.69, 9.17) is 4.42 Å². The van der Waals surface area contributed by atoms with Crippen LogP contribution in [-0.4, -0.2) is 0 Å². The van der Waals surface area contributed by atoms with Gasteiger partial charge in [0, 0.05) is 33.7 Å². The average Bonchev–Trinajstić information content (AvgIpc) is 3.56. The molecule has 0 unspecified atom stereocenters. The van der Waals surface area contributed by atoms with Gasteiger partial charge in [0.25, 0.3) is 0 Å². The molecule has 10 aromatic rings. The Morgan fingerprint density at radius 3 is 1.76 bits per heavy atom. The van der Waals surface area contributed by atoms with Crippen molar-refractivity contribution in [1.82, 2.24) is 0 Å². The molecule has 0 radical (unpaired) electrons. The fourth-order valence-corrected chi connectivity index (χ4v) is 7.70. The minimum absolute atomic E-state index is 0.866. The molecule has 0 spiro atoms. The molecule has 1 aromatic heterocycles. The Morgan fingerprint density at radius 2 is 0.920 bits per heavy atom. The normalized spacial score (nSPS) is 11.6. The Balaban J connectivity index is 1.26. The summed E-state index contributed by atoms with van der Waals surface area (Å²) in [5.74, 6) is 0. The molecule has 10 rings (SSSR count). The van der Waals surface area contributed by atoms with E-state index in [9.17, 15) is 0 Å². The van der Waals surface area contributed by atoms with Crippen molar-refractivity contribution < 1.29 is 4.42 Å². The summed E-state index contributed by atoms with van der Waals surface area (Å²) in [4.78, 5) is 2.41. The monoisotopic (exact) mass is 637 g/mol. The van der Waals surface area contributed by atoms with Gasteiger partial charge in [0.2, 0.25) is 0 Å². The summed E-state index contributed by atoms with van der Waals surface area (Å²) < 4.78 is 6.47. The zero-order valence-corrected chi connectivity index (χ0v) is 27.3. The van der Waals surface area contributed by atoms with Crippen molar-refractivity contribution in [2.24, 2.45) is 0 Å². The van der Waals surface area contributed by atoms with Gasteiger partial charge in [-0.05, 0) is 85.9 Å². The predicted octanol–water partition coefficient (Wildman–Crippen LogP) is 13.8. The Labute approximate surface area is 290 Å². The molecule has 0 aliphatic carbocycles. The quantitative estimate of drug-likeness (QED) is 0.175. The van der Waals surface area contributed by atoms with Crippen LogP contribution in [0.5, 0.6) is 0 Å². The Kier molecular flexibility index (Phi) is 6.53. The van der Waals surface area contributed by atoms with Gasteiger partial charge in [-0.3, -0.25) is 0 Å².